The van der Waals surface area contributed by atoms with Gasteiger partial charge in [-0.25, -0.2) is 9.78 Å². The van der Waals surface area contributed by atoms with Crippen LogP contribution < -0.4 is 5.32 Å². The van der Waals surface area contributed by atoms with Gasteiger partial charge >= 0.3 is 12.0 Å². The Morgan fingerprint density at radius 1 is 1.56 bits per heavy atom. The number of carbonyl (C=O) groups is 2. The van der Waals surface area contributed by atoms with Gasteiger partial charge < -0.3 is 10.0 Å². The molecule has 0 aromatic carbocycles. The van der Waals surface area contributed by atoms with Crippen LogP contribution in [0.1, 0.15) is 24.6 Å². The number of aryl methyl sites for hydroxylation is 1. The number of carbonyl (C=O) groups excluding carboxylic acids is 1. The fourth-order valence-electron chi connectivity index (χ4n) is 1.28. The van der Waals surface area contributed by atoms with E-state index >= 15 is 0 Å². The maximum Gasteiger partial charge on any atom is 0.323 e. The monoisotopic (exact) mass is 271 g/mol. The third kappa shape index (κ3) is 4.70. The summed E-state index contributed by atoms with van der Waals surface area (Å²) in [6.07, 6.45) is 3.67. The minimum absolute atomic E-state index is 0.0666. The summed E-state index contributed by atoms with van der Waals surface area (Å²) in [4.78, 5) is 28.6. The van der Waals surface area contributed by atoms with Crippen molar-refractivity contribution in [3.63, 3.8) is 0 Å². The van der Waals surface area contributed by atoms with Gasteiger partial charge in [0.2, 0.25) is 0 Å². The van der Waals surface area contributed by atoms with Crippen molar-refractivity contribution in [2.45, 2.75) is 26.2 Å². The van der Waals surface area contributed by atoms with E-state index in [1.165, 1.54) is 16.2 Å². The summed E-state index contributed by atoms with van der Waals surface area (Å²) < 4.78 is 0. The Kier molecular flexibility index (Phi) is 5.57. The molecule has 6 nitrogen and oxygen atoms in total. The number of aromatic nitrogens is 1. The SMILES string of the molecule is CCCc1cnc(NC(=O)N(C)CCC(=O)O)s1. The van der Waals surface area contributed by atoms with E-state index in [1.54, 1.807) is 13.2 Å². The van der Waals surface area contributed by atoms with Crippen molar-refractivity contribution in [3.05, 3.63) is 11.1 Å². The molecular formula is C11H17N3O3S. The zero-order chi connectivity index (χ0) is 13.5. The van der Waals surface area contributed by atoms with Crippen LogP contribution in [0.5, 0.6) is 0 Å². The molecule has 0 atom stereocenters. The minimum atomic E-state index is -0.922. The smallest absolute Gasteiger partial charge is 0.323 e. The van der Waals surface area contributed by atoms with Crippen LogP contribution in [-0.2, 0) is 11.2 Å². The number of thiazole rings is 1. The average Bonchev–Trinajstić information content (AvgIpc) is 2.73. The predicted octanol–water partition coefficient (Wildman–Crippen LogP) is 2.03. The Morgan fingerprint density at radius 3 is 2.89 bits per heavy atom. The third-order valence-electron chi connectivity index (χ3n) is 2.27. The quantitative estimate of drug-likeness (QED) is 0.829. The molecule has 0 saturated heterocycles. The lowest BCUT2D eigenvalue weighted by atomic mass is 10.3. The number of nitrogens with one attached hydrogen (secondary N) is 1. The van der Waals surface area contributed by atoms with Crippen LogP contribution in [0, 0.1) is 0 Å². The number of anilines is 1. The Bertz CT molecular complexity index is 419. The molecule has 0 unspecified atom stereocenters. The fourth-order valence-corrected chi connectivity index (χ4v) is 2.18. The largest absolute Gasteiger partial charge is 0.481 e. The maximum atomic E-state index is 11.7. The summed E-state index contributed by atoms with van der Waals surface area (Å²) in [5, 5.41) is 11.7. The van der Waals surface area contributed by atoms with Crippen molar-refractivity contribution in [2.75, 3.05) is 18.9 Å². The van der Waals surface area contributed by atoms with E-state index in [4.69, 9.17) is 5.11 Å². The number of carboxylic acid groups (broad SMARTS) is 1. The van der Waals surface area contributed by atoms with Crippen molar-refractivity contribution in [1.29, 1.82) is 0 Å². The normalized spacial score (nSPS) is 10.1. The molecule has 1 rings (SSSR count). The minimum Gasteiger partial charge on any atom is -0.481 e. The molecule has 1 heterocycles. The van der Waals surface area contributed by atoms with Gasteiger partial charge in [0.15, 0.2) is 5.13 Å². The number of nitrogens with zero attached hydrogens (tertiary/aromatic N) is 2. The highest BCUT2D eigenvalue weighted by Crippen LogP contribution is 2.19. The van der Waals surface area contributed by atoms with Crippen molar-refractivity contribution in [1.82, 2.24) is 9.88 Å². The molecule has 100 valence electrons. The number of urea groups is 1. The van der Waals surface area contributed by atoms with Crippen LogP contribution in [0.4, 0.5) is 9.93 Å². The highest BCUT2D eigenvalue weighted by atomic mass is 32.1. The second-order valence-electron chi connectivity index (χ2n) is 3.88. The van der Waals surface area contributed by atoms with Gasteiger partial charge in [0, 0.05) is 24.7 Å². The summed E-state index contributed by atoms with van der Waals surface area (Å²) in [5.74, 6) is -0.922. The zero-order valence-electron chi connectivity index (χ0n) is 10.5. The fraction of sp³-hybridized carbons (Fsp3) is 0.545. The molecule has 1 aromatic rings. The number of hydrogen-bond donors (Lipinski definition) is 2. The van der Waals surface area contributed by atoms with Crippen LogP contribution in [-0.4, -0.2) is 40.6 Å². The Hall–Kier alpha value is -1.63. The molecule has 0 spiro atoms. The summed E-state index contributed by atoms with van der Waals surface area (Å²) >= 11 is 1.44. The third-order valence-corrected chi connectivity index (χ3v) is 3.24. The number of rotatable bonds is 6. The standard InChI is InChI=1S/C11H17N3O3S/c1-3-4-8-7-12-10(18-8)13-11(17)14(2)6-5-9(15)16/h7H,3-6H2,1-2H3,(H,15,16)(H,12,13,17). The van der Waals surface area contributed by atoms with Crippen molar-refractivity contribution in [3.8, 4) is 0 Å². The second kappa shape index (κ2) is 6.95. The van der Waals surface area contributed by atoms with Gasteiger partial charge in [-0.05, 0) is 6.42 Å². The maximum absolute atomic E-state index is 11.7. The molecule has 2 N–H and O–H groups in total. The van der Waals surface area contributed by atoms with E-state index < -0.39 is 5.97 Å². The van der Waals surface area contributed by atoms with Crippen molar-refractivity contribution in [2.24, 2.45) is 0 Å². The van der Waals surface area contributed by atoms with E-state index in [0.29, 0.717) is 5.13 Å². The van der Waals surface area contributed by atoms with Gasteiger partial charge in [-0.2, -0.15) is 0 Å². The zero-order valence-corrected chi connectivity index (χ0v) is 11.3. The Balaban J connectivity index is 2.44. The van der Waals surface area contributed by atoms with Gasteiger partial charge in [0.05, 0.1) is 6.42 Å². The van der Waals surface area contributed by atoms with E-state index in [2.05, 4.69) is 17.2 Å². The van der Waals surface area contributed by atoms with Crippen LogP contribution in [0.15, 0.2) is 6.20 Å². The summed E-state index contributed by atoms with van der Waals surface area (Å²) in [7, 11) is 1.55. The van der Waals surface area contributed by atoms with Crippen LogP contribution in [0.2, 0.25) is 0 Å². The Labute approximate surface area is 110 Å². The lowest BCUT2D eigenvalue weighted by Gasteiger charge is -2.15. The molecule has 0 bridgehead atoms. The van der Waals surface area contributed by atoms with E-state index in [-0.39, 0.29) is 19.0 Å². The highest BCUT2D eigenvalue weighted by molar-refractivity contribution is 7.15. The molecule has 0 radical (unpaired) electrons. The highest BCUT2D eigenvalue weighted by Gasteiger charge is 2.12. The predicted molar refractivity (Wildman–Crippen MR) is 70.0 cm³/mol. The molecule has 0 aliphatic heterocycles. The van der Waals surface area contributed by atoms with Gasteiger partial charge in [0.25, 0.3) is 0 Å². The molecule has 0 fully saturated rings. The first-order valence-electron chi connectivity index (χ1n) is 5.71. The van der Waals surface area contributed by atoms with E-state index in [0.717, 1.165) is 17.7 Å². The average molecular weight is 271 g/mol. The van der Waals surface area contributed by atoms with Gasteiger partial charge in [-0.3, -0.25) is 10.1 Å². The molecule has 7 heteroatoms. The van der Waals surface area contributed by atoms with Gasteiger partial charge in [-0.1, -0.05) is 13.3 Å². The molecule has 18 heavy (non-hydrogen) atoms. The topological polar surface area (TPSA) is 82.5 Å². The van der Waals surface area contributed by atoms with Gasteiger partial charge in [-0.15, -0.1) is 11.3 Å². The van der Waals surface area contributed by atoms with Crippen molar-refractivity contribution >= 4 is 28.5 Å². The number of amides is 2. The number of aliphatic carboxylic acids is 1. The van der Waals surface area contributed by atoms with Crippen LogP contribution >= 0.6 is 11.3 Å². The molecular weight excluding hydrogens is 254 g/mol. The first kappa shape index (κ1) is 14.4. The summed E-state index contributed by atoms with van der Waals surface area (Å²) in [6.45, 7) is 2.26. The second-order valence-corrected chi connectivity index (χ2v) is 4.99. The summed E-state index contributed by atoms with van der Waals surface area (Å²) in [5.41, 5.74) is 0. The Morgan fingerprint density at radius 2 is 2.28 bits per heavy atom. The van der Waals surface area contributed by atoms with E-state index in [9.17, 15) is 9.59 Å². The lowest BCUT2D eigenvalue weighted by molar-refractivity contribution is -0.137. The molecule has 1 aromatic heterocycles. The molecule has 2 amide bonds. The number of carboxylic acids is 1. The van der Waals surface area contributed by atoms with Crippen LogP contribution in [0.25, 0.3) is 0 Å². The first-order chi connectivity index (χ1) is 8.52. The first-order valence-corrected chi connectivity index (χ1v) is 6.53. The lowest BCUT2D eigenvalue weighted by Crippen LogP contribution is -2.33. The van der Waals surface area contributed by atoms with E-state index in [1.807, 2.05) is 0 Å². The van der Waals surface area contributed by atoms with Crippen LogP contribution in [0.3, 0.4) is 0 Å². The molecule has 0 saturated carbocycles. The number of hydrogen-bond acceptors (Lipinski definition) is 4. The molecule has 0 aliphatic rings. The molecule has 0 aliphatic carbocycles. The van der Waals surface area contributed by atoms with Crippen molar-refractivity contribution < 1.29 is 14.7 Å². The van der Waals surface area contributed by atoms with Gasteiger partial charge in [0.1, 0.15) is 0 Å². The summed E-state index contributed by atoms with van der Waals surface area (Å²) in [6, 6.07) is -0.339.